The third kappa shape index (κ3) is 1.69. The van der Waals surface area contributed by atoms with Gasteiger partial charge < -0.3 is 9.47 Å². The average Bonchev–Trinajstić information content (AvgIpc) is 2.80. The molecule has 0 amide bonds. The van der Waals surface area contributed by atoms with E-state index in [4.69, 9.17) is 0 Å². The predicted octanol–water partition coefficient (Wildman–Crippen LogP) is 1.96. The zero-order chi connectivity index (χ0) is 13.6. The number of aromatic nitrogens is 3. The topological polar surface area (TPSA) is 53.9 Å². The Kier molecular flexibility index (Phi) is 2.55. The maximum absolute atomic E-state index is 12.3. The van der Waals surface area contributed by atoms with Gasteiger partial charge in [0.2, 0.25) is 5.95 Å². The Labute approximate surface area is 110 Å². The molecule has 0 spiro atoms. The van der Waals surface area contributed by atoms with E-state index < -0.39 is 0 Å². The summed E-state index contributed by atoms with van der Waals surface area (Å²) in [5, 5.41) is 1.62. The Morgan fingerprint density at radius 1 is 1.32 bits per heavy atom. The Balaban J connectivity index is 2.43. The molecule has 0 saturated carbocycles. The summed E-state index contributed by atoms with van der Waals surface area (Å²) in [6, 6.07) is 5.91. The first-order valence-electron chi connectivity index (χ1n) is 6.31. The van der Waals surface area contributed by atoms with Gasteiger partial charge in [-0.3, -0.25) is 9.78 Å². The standard InChI is InChI=1S/C14H16N4O/c1-4-18-8-7-9-11(18)6-5-10-12(9)13(19)16-14(15-10)17(2)3/h5-8H,4H2,1-3H3,(H,15,16,19). The molecular formula is C14H16N4O. The Hall–Kier alpha value is -2.30. The number of anilines is 1. The van der Waals surface area contributed by atoms with Crippen molar-refractivity contribution in [1.29, 1.82) is 0 Å². The first-order chi connectivity index (χ1) is 9.11. The molecule has 0 atom stereocenters. The molecule has 3 aromatic rings. The van der Waals surface area contributed by atoms with E-state index in [1.165, 1.54) is 0 Å². The van der Waals surface area contributed by atoms with Gasteiger partial charge in [0.15, 0.2) is 0 Å². The van der Waals surface area contributed by atoms with Crippen LogP contribution in [0.25, 0.3) is 21.8 Å². The maximum Gasteiger partial charge on any atom is 0.260 e. The molecule has 2 heterocycles. The van der Waals surface area contributed by atoms with Crippen molar-refractivity contribution in [3.8, 4) is 0 Å². The van der Waals surface area contributed by atoms with Gasteiger partial charge >= 0.3 is 0 Å². The van der Waals surface area contributed by atoms with Crippen molar-refractivity contribution in [2.45, 2.75) is 13.5 Å². The number of rotatable bonds is 2. The first kappa shape index (κ1) is 11.8. The molecule has 0 aliphatic rings. The van der Waals surface area contributed by atoms with Crippen LogP contribution in [0.5, 0.6) is 0 Å². The molecule has 0 aliphatic carbocycles. The molecule has 0 radical (unpaired) electrons. The molecule has 2 aromatic heterocycles. The van der Waals surface area contributed by atoms with Gasteiger partial charge in [-0.15, -0.1) is 0 Å². The predicted molar refractivity (Wildman–Crippen MR) is 77.9 cm³/mol. The van der Waals surface area contributed by atoms with E-state index in [2.05, 4.69) is 21.5 Å². The summed E-state index contributed by atoms with van der Waals surface area (Å²) in [4.78, 5) is 21.4. The molecule has 0 aliphatic heterocycles. The lowest BCUT2D eigenvalue weighted by molar-refractivity contribution is 0.798. The SMILES string of the molecule is CCn1ccc2c3c(=O)[nH]c(N(C)C)nc3ccc21. The Morgan fingerprint density at radius 3 is 2.79 bits per heavy atom. The summed E-state index contributed by atoms with van der Waals surface area (Å²) in [6.07, 6.45) is 2.00. The second-order valence-electron chi connectivity index (χ2n) is 4.78. The van der Waals surface area contributed by atoms with Crippen molar-refractivity contribution in [3.05, 3.63) is 34.7 Å². The van der Waals surface area contributed by atoms with Crippen molar-refractivity contribution in [2.75, 3.05) is 19.0 Å². The van der Waals surface area contributed by atoms with E-state index >= 15 is 0 Å². The van der Waals surface area contributed by atoms with Gasteiger partial charge in [-0.2, -0.15) is 0 Å². The lowest BCUT2D eigenvalue weighted by atomic mass is 10.1. The number of H-pyrrole nitrogens is 1. The van der Waals surface area contributed by atoms with Crippen LogP contribution < -0.4 is 10.5 Å². The van der Waals surface area contributed by atoms with E-state index in [-0.39, 0.29) is 5.56 Å². The van der Waals surface area contributed by atoms with E-state index in [1.807, 2.05) is 38.5 Å². The quantitative estimate of drug-likeness (QED) is 0.762. The molecule has 19 heavy (non-hydrogen) atoms. The van der Waals surface area contributed by atoms with Crippen LogP contribution in [0.15, 0.2) is 29.2 Å². The molecule has 0 fully saturated rings. The molecule has 1 N–H and O–H groups in total. The number of nitrogens with zero attached hydrogens (tertiary/aromatic N) is 3. The van der Waals surface area contributed by atoms with Crippen molar-refractivity contribution < 1.29 is 0 Å². The van der Waals surface area contributed by atoms with Crippen LogP contribution in [-0.2, 0) is 6.54 Å². The van der Waals surface area contributed by atoms with Gasteiger partial charge in [0.25, 0.3) is 5.56 Å². The van der Waals surface area contributed by atoms with Gasteiger partial charge in [-0.05, 0) is 25.1 Å². The van der Waals surface area contributed by atoms with E-state index in [0.29, 0.717) is 11.3 Å². The van der Waals surface area contributed by atoms with Crippen LogP contribution >= 0.6 is 0 Å². The van der Waals surface area contributed by atoms with Crippen LogP contribution in [0, 0.1) is 0 Å². The second-order valence-corrected chi connectivity index (χ2v) is 4.78. The van der Waals surface area contributed by atoms with E-state index in [9.17, 15) is 4.79 Å². The van der Waals surface area contributed by atoms with Crippen LogP contribution in [0.1, 0.15) is 6.92 Å². The highest BCUT2D eigenvalue weighted by molar-refractivity contribution is 6.05. The Morgan fingerprint density at radius 2 is 2.11 bits per heavy atom. The lowest BCUT2D eigenvalue weighted by Gasteiger charge is -2.11. The fourth-order valence-electron chi connectivity index (χ4n) is 2.39. The molecular weight excluding hydrogens is 240 g/mol. The number of aromatic amines is 1. The summed E-state index contributed by atoms with van der Waals surface area (Å²) >= 11 is 0. The normalized spacial score (nSPS) is 11.3. The monoisotopic (exact) mass is 256 g/mol. The molecule has 0 bridgehead atoms. The molecule has 98 valence electrons. The van der Waals surface area contributed by atoms with Gasteiger partial charge in [-0.25, -0.2) is 4.98 Å². The van der Waals surface area contributed by atoms with Crippen LogP contribution in [0.2, 0.25) is 0 Å². The average molecular weight is 256 g/mol. The number of nitrogens with one attached hydrogen (secondary N) is 1. The smallest absolute Gasteiger partial charge is 0.260 e. The fraction of sp³-hybridized carbons (Fsp3) is 0.286. The highest BCUT2D eigenvalue weighted by Gasteiger charge is 2.10. The van der Waals surface area contributed by atoms with Gasteiger partial charge in [0.05, 0.1) is 10.9 Å². The van der Waals surface area contributed by atoms with Crippen molar-refractivity contribution in [2.24, 2.45) is 0 Å². The van der Waals surface area contributed by atoms with Crippen LogP contribution in [-0.4, -0.2) is 28.6 Å². The third-order valence-electron chi connectivity index (χ3n) is 3.37. The number of benzene rings is 1. The van der Waals surface area contributed by atoms with Crippen molar-refractivity contribution >= 4 is 27.8 Å². The summed E-state index contributed by atoms with van der Waals surface area (Å²) in [5.41, 5.74) is 1.71. The van der Waals surface area contributed by atoms with Crippen molar-refractivity contribution in [1.82, 2.24) is 14.5 Å². The minimum absolute atomic E-state index is 0.0897. The number of hydrogen-bond donors (Lipinski definition) is 1. The van der Waals surface area contributed by atoms with Crippen molar-refractivity contribution in [3.63, 3.8) is 0 Å². The first-order valence-corrected chi connectivity index (χ1v) is 6.31. The van der Waals surface area contributed by atoms with Gasteiger partial charge in [0, 0.05) is 37.7 Å². The number of fused-ring (bicyclic) bond motifs is 3. The fourth-order valence-corrected chi connectivity index (χ4v) is 2.39. The molecule has 0 unspecified atom stereocenters. The largest absolute Gasteiger partial charge is 0.348 e. The summed E-state index contributed by atoms with van der Waals surface area (Å²) < 4.78 is 2.12. The third-order valence-corrected chi connectivity index (χ3v) is 3.37. The summed E-state index contributed by atoms with van der Waals surface area (Å²) in [5.74, 6) is 0.576. The van der Waals surface area contributed by atoms with E-state index in [1.54, 1.807) is 4.90 Å². The van der Waals surface area contributed by atoms with Gasteiger partial charge in [-0.1, -0.05) is 0 Å². The van der Waals surface area contributed by atoms with E-state index in [0.717, 1.165) is 23.0 Å². The second kappa shape index (κ2) is 4.12. The van der Waals surface area contributed by atoms with Gasteiger partial charge in [0.1, 0.15) is 0 Å². The highest BCUT2D eigenvalue weighted by atomic mass is 16.1. The van der Waals surface area contributed by atoms with Crippen LogP contribution in [0.3, 0.4) is 0 Å². The molecule has 5 heteroatoms. The highest BCUT2D eigenvalue weighted by Crippen LogP contribution is 2.23. The minimum Gasteiger partial charge on any atom is -0.348 e. The summed E-state index contributed by atoms with van der Waals surface area (Å²) in [7, 11) is 3.71. The molecule has 1 aromatic carbocycles. The molecule has 5 nitrogen and oxygen atoms in total. The van der Waals surface area contributed by atoms with Crippen LogP contribution in [0.4, 0.5) is 5.95 Å². The zero-order valence-electron chi connectivity index (χ0n) is 11.3. The maximum atomic E-state index is 12.3. The summed E-state index contributed by atoms with van der Waals surface area (Å²) in [6.45, 7) is 2.97. The lowest BCUT2D eigenvalue weighted by Crippen LogP contribution is -2.18. The number of hydrogen-bond acceptors (Lipinski definition) is 3. The Bertz CT molecular complexity index is 813. The zero-order valence-corrected chi connectivity index (χ0v) is 11.3. The minimum atomic E-state index is -0.0897. The molecule has 0 saturated heterocycles. The molecule has 3 rings (SSSR count). The number of aryl methyl sites for hydroxylation is 1.